The highest BCUT2D eigenvalue weighted by atomic mass is 16.5. The van der Waals surface area contributed by atoms with Crippen LogP contribution in [0.4, 0.5) is 0 Å². The smallest absolute Gasteiger partial charge is 0.310 e. The number of nitrogens with one attached hydrogen (secondary N) is 1. The standard InChI is InChI=1S/C16H19N3O3/c1-2-22-16(21)13-4-3-7-19(10-13)15(20)11-5-6-12-9-17-18-14(12)8-11/h5-6,8-9,13H,2-4,7,10H2,1H3,(H,17,18)/t13-/m1/s1. The van der Waals surface area contributed by atoms with Gasteiger partial charge in [-0.25, -0.2) is 0 Å². The van der Waals surface area contributed by atoms with Gasteiger partial charge in [-0.15, -0.1) is 0 Å². The molecule has 1 saturated heterocycles. The molecule has 2 aromatic rings. The molecule has 3 rings (SSSR count). The molecule has 1 atom stereocenters. The lowest BCUT2D eigenvalue weighted by Crippen LogP contribution is -2.42. The number of likely N-dealkylation sites (tertiary alicyclic amines) is 1. The zero-order valence-electron chi connectivity index (χ0n) is 12.5. The van der Waals surface area contributed by atoms with Gasteiger partial charge in [0.25, 0.3) is 5.91 Å². The van der Waals surface area contributed by atoms with Crippen molar-refractivity contribution in [1.82, 2.24) is 15.1 Å². The van der Waals surface area contributed by atoms with Crippen molar-refractivity contribution in [3.05, 3.63) is 30.0 Å². The van der Waals surface area contributed by atoms with Crippen LogP contribution in [0.3, 0.4) is 0 Å². The van der Waals surface area contributed by atoms with Crippen molar-refractivity contribution in [2.24, 2.45) is 5.92 Å². The van der Waals surface area contributed by atoms with Gasteiger partial charge >= 0.3 is 5.97 Å². The molecule has 0 aliphatic carbocycles. The Bertz CT molecular complexity index is 695. The number of hydrogen-bond donors (Lipinski definition) is 1. The van der Waals surface area contributed by atoms with E-state index in [4.69, 9.17) is 4.74 Å². The third-order valence-electron chi connectivity index (χ3n) is 4.02. The van der Waals surface area contributed by atoms with E-state index in [2.05, 4.69) is 10.2 Å². The number of hydrogen-bond acceptors (Lipinski definition) is 4. The average molecular weight is 301 g/mol. The van der Waals surface area contributed by atoms with Crippen LogP contribution in [0.1, 0.15) is 30.1 Å². The molecule has 1 aromatic heterocycles. The Morgan fingerprint density at radius 2 is 2.32 bits per heavy atom. The number of piperidine rings is 1. The fourth-order valence-electron chi connectivity index (χ4n) is 2.87. The quantitative estimate of drug-likeness (QED) is 0.880. The second-order valence-electron chi connectivity index (χ2n) is 5.51. The largest absolute Gasteiger partial charge is 0.466 e. The fourth-order valence-corrected chi connectivity index (χ4v) is 2.87. The van der Waals surface area contributed by atoms with E-state index in [9.17, 15) is 9.59 Å². The first-order chi connectivity index (χ1) is 10.7. The zero-order valence-corrected chi connectivity index (χ0v) is 12.5. The summed E-state index contributed by atoms with van der Waals surface area (Å²) < 4.78 is 5.07. The zero-order chi connectivity index (χ0) is 15.5. The predicted octanol–water partition coefficient (Wildman–Crippen LogP) is 1.98. The van der Waals surface area contributed by atoms with Gasteiger partial charge in [-0.2, -0.15) is 5.10 Å². The molecular weight excluding hydrogens is 282 g/mol. The van der Waals surface area contributed by atoms with Gasteiger partial charge in [-0.05, 0) is 31.9 Å². The number of ether oxygens (including phenoxy) is 1. The molecule has 1 aromatic carbocycles. The van der Waals surface area contributed by atoms with Gasteiger partial charge in [0.05, 0.1) is 24.2 Å². The molecule has 0 unspecified atom stereocenters. The van der Waals surface area contributed by atoms with Crippen molar-refractivity contribution in [3.8, 4) is 0 Å². The Morgan fingerprint density at radius 3 is 3.14 bits per heavy atom. The SMILES string of the molecule is CCOC(=O)[C@@H]1CCCN(C(=O)c2ccc3cn[nH]c3c2)C1. The van der Waals surface area contributed by atoms with Crippen LogP contribution in [0.2, 0.25) is 0 Å². The number of rotatable bonds is 3. The molecule has 1 aliphatic rings. The molecule has 0 radical (unpaired) electrons. The topological polar surface area (TPSA) is 75.3 Å². The normalized spacial score (nSPS) is 18.4. The van der Waals surface area contributed by atoms with Gasteiger partial charge < -0.3 is 9.64 Å². The van der Waals surface area contributed by atoms with Crippen LogP contribution in [0.15, 0.2) is 24.4 Å². The minimum absolute atomic E-state index is 0.0505. The van der Waals surface area contributed by atoms with Crippen molar-refractivity contribution < 1.29 is 14.3 Å². The van der Waals surface area contributed by atoms with E-state index in [1.165, 1.54) is 0 Å². The first kappa shape index (κ1) is 14.6. The molecule has 0 bridgehead atoms. The summed E-state index contributed by atoms with van der Waals surface area (Å²) >= 11 is 0. The van der Waals surface area contributed by atoms with Gasteiger partial charge in [0, 0.05) is 24.0 Å². The number of carbonyl (C=O) groups is 2. The first-order valence-corrected chi connectivity index (χ1v) is 7.58. The number of carbonyl (C=O) groups excluding carboxylic acids is 2. The van der Waals surface area contributed by atoms with Crippen LogP contribution in [0.5, 0.6) is 0 Å². The lowest BCUT2D eigenvalue weighted by molar-refractivity contribution is -0.149. The maximum Gasteiger partial charge on any atom is 0.310 e. The Labute approximate surface area is 128 Å². The van der Waals surface area contributed by atoms with E-state index in [0.717, 1.165) is 23.7 Å². The van der Waals surface area contributed by atoms with Gasteiger partial charge in [0.15, 0.2) is 0 Å². The molecule has 1 fully saturated rings. The second-order valence-corrected chi connectivity index (χ2v) is 5.51. The molecule has 22 heavy (non-hydrogen) atoms. The van der Waals surface area contributed by atoms with Gasteiger partial charge in [-0.1, -0.05) is 6.07 Å². The number of H-pyrrole nitrogens is 1. The Kier molecular flexibility index (Phi) is 4.09. The predicted molar refractivity (Wildman–Crippen MR) is 81.4 cm³/mol. The van der Waals surface area contributed by atoms with Gasteiger partial charge in [0.1, 0.15) is 0 Å². The Hall–Kier alpha value is -2.37. The van der Waals surface area contributed by atoms with Crippen LogP contribution >= 0.6 is 0 Å². The lowest BCUT2D eigenvalue weighted by atomic mass is 9.97. The van der Waals surface area contributed by atoms with Crippen LogP contribution in [-0.2, 0) is 9.53 Å². The highest BCUT2D eigenvalue weighted by molar-refractivity contribution is 5.98. The van der Waals surface area contributed by atoms with Crippen LogP contribution < -0.4 is 0 Å². The fraction of sp³-hybridized carbons (Fsp3) is 0.438. The van der Waals surface area contributed by atoms with E-state index >= 15 is 0 Å². The summed E-state index contributed by atoms with van der Waals surface area (Å²) in [5.41, 5.74) is 1.45. The van der Waals surface area contributed by atoms with E-state index in [1.54, 1.807) is 30.2 Å². The summed E-state index contributed by atoms with van der Waals surface area (Å²) in [7, 11) is 0. The average Bonchev–Trinajstić information content (AvgIpc) is 3.02. The Balaban J connectivity index is 1.74. The molecule has 116 valence electrons. The van der Waals surface area contributed by atoms with Gasteiger partial charge in [0.2, 0.25) is 0 Å². The molecule has 1 amide bonds. The summed E-state index contributed by atoms with van der Waals surface area (Å²) in [6.07, 6.45) is 3.32. The number of benzene rings is 1. The maximum atomic E-state index is 12.6. The van der Waals surface area contributed by atoms with Crippen molar-refractivity contribution >= 4 is 22.8 Å². The van der Waals surface area contributed by atoms with Crippen LogP contribution in [0, 0.1) is 5.92 Å². The molecule has 1 N–H and O–H groups in total. The minimum atomic E-state index is -0.214. The third kappa shape index (κ3) is 2.81. The highest BCUT2D eigenvalue weighted by Gasteiger charge is 2.29. The van der Waals surface area contributed by atoms with Crippen molar-refractivity contribution in [3.63, 3.8) is 0 Å². The molecule has 0 spiro atoms. The van der Waals surface area contributed by atoms with Gasteiger partial charge in [-0.3, -0.25) is 14.7 Å². The van der Waals surface area contributed by atoms with Crippen molar-refractivity contribution in [1.29, 1.82) is 0 Å². The maximum absolute atomic E-state index is 12.6. The third-order valence-corrected chi connectivity index (χ3v) is 4.02. The molecule has 6 heteroatoms. The number of amides is 1. The number of aromatic nitrogens is 2. The van der Waals surface area contributed by atoms with Crippen LogP contribution in [-0.4, -0.2) is 46.7 Å². The van der Waals surface area contributed by atoms with Crippen molar-refractivity contribution in [2.75, 3.05) is 19.7 Å². The van der Waals surface area contributed by atoms with E-state index in [1.807, 2.05) is 6.07 Å². The summed E-state index contributed by atoms with van der Waals surface area (Å²) in [6, 6.07) is 5.48. The van der Waals surface area contributed by atoms with E-state index in [-0.39, 0.29) is 17.8 Å². The number of esters is 1. The molecular formula is C16H19N3O3. The highest BCUT2D eigenvalue weighted by Crippen LogP contribution is 2.21. The summed E-state index contributed by atoms with van der Waals surface area (Å²) in [5, 5.41) is 7.80. The molecule has 2 heterocycles. The summed E-state index contributed by atoms with van der Waals surface area (Å²) in [5.74, 6) is -0.469. The number of aromatic amines is 1. The summed E-state index contributed by atoms with van der Waals surface area (Å²) in [6.45, 7) is 3.28. The van der Waals surface area contributed by atoms with E-state index in [0.29, 0.717) is 25.3 Å². The molecule has 1 aliphatic heterocycles. The monoisotopic (exact) mass is 301 g/mol. The van der Waals surface area contributed by atoms with Crippen LogP contribution in [0.25, 0.3) is 10.9 Å². The number of nitrogens with zero attached hydrogens (tertiary/aromatic N) is 2. The number of fused-ring (bicyclic) bond motifs is 1. The Morgan fingerprint density at radius 1 is 1.45 bits per heavy atom. The lowest BCUT2D eigenvalue weighted by Gasteiger charge is -2.31. The minimum Gasteiger partial charge on any atom is -0.466 e. The first-order valence-electron chi connectivity index (χ1n) is 7.58. The molecule has 0 saturated carbocycles. The van der Waals surface area contributed by atoms with E-state index < -0.39 is 0 Å². The summed E-state index contributed by atoms with van der Waals surface area (Å²) in [4.78, 5) is 26.2. The molecule has 6 nitrogen and oxygen atoms in total. The second kappa shape index (κ2) is 6.17. The van der Waals surface area contributed by atoms with Crippen molar-refractivity contribution in [2.45, 2.75) is 19.8 Å².